The molecule has 0 aliphatic rings. The van der Waals surface area contributed by atoms with Gasteiger partial charge >= 0.3 is 6.18 Å². The molecular formula is C11H13BrF3NO3S. The van der Waals surface area contributed by atoms with Gasteiger partial charge in [-0.3, -0.25) is 0 Å². The zero-order valence-electron chi connectivity index (χ0n) is 10.3. The summed E-state index contributed by atoms with van der Waals surface area (Å²) in [5.74, 6) is 0. The molecule has 0 radical (unpaired) electrons. The maximum absolute atomic E-state index is 12.4. The van der Waals surface area contributed by atoms with Gasteiger partial charge < -0.3 is 5.11 Å². The highest BCUT2D eigenvalue weighted by Crippen LogP contribution is 2.23. The van der Waals surface area contributed by atoms with Crippen LogP contribution >= 0.6 is 15.9 Å². The monoisotopic (exact) mass is 375 g/mol. The van der Waals surface area contributed by atoms with Crippen LogP contribution in [-0.4, -0.2) is 43.7 Å². The minimum Gasteiger partial charge on any atom is -0.395 e. The minimum atomic E-state index is -4.67. The first-order chi connectivity index (χ1) is 9.20. The first-order valence-electron chi connectivity index (χ1n) is 5.53. The molecule has 1 aromatic rings. The van der Waals surface area contributed by atoms with Crippen molar-refractivity contribution in [1.29, 1.82) is 0 Å². The fourth-order valence-corrected chi connectivity index (χ4v) is 3.29. The van der Waals surface area contributed by atoms with Crippen LogP contribution in [0, 0.1) is 0 Å². The smallest absolute Gasteiger partial charge is 0.395 e. The van der Waals surface area contributed by atoms with E-state index in [-0.39, 0.29) is 9.20 Å². The Hall–Kier alpha value is -0.640. The lowest BCUT2D eigenvalue weighted by Crippen LogP contribution is -2.40. The Balaban J connectivity index is 3.08. The van der Waals surface area contributed by atoms with E-state index in [9.17, 15) is 21.6 Å². The van der Waals surface area contributed by atoms with Crippen molar-refractivity contribution in [1.82, 2.24) is 4.31 Å². The molecule has 0 aliphatic heterocycles. The predicted octanol–water partition coefficient (Wildman–Crippen LogP) is 2.13. The molecular weight excluding hydrogens is 363 g/mol. The standard InChI is InChI=1S/C11H13BrF3NO3S/c12-7-9-1-3-10(4-2-9)20(18,19)16(5-6-17)8-11(13,14)15/h1-4,17H,5-8H2. The Kier molecular flexibility index (Phi) is 5.99. The van der Waals surface area contributed by atoms with Gasteiger partial charge in [-0.15, -0.1) is 0 Å². The lowest BCUT2D eigenvalue weighted by molar-refractivity contribution is -0.136. The number of aliphatic hydroxyl groups is 1. The summed E-state index contributed by atoms with van der Waals surface area (Å²) >= 11 is 3.18. The Morgan fingerprint density at radius 2 is 1.75 bits per heavy atom. The fraction of sp³-hybridized carbons (Fsp3) is 0.455. The maximum atomic E-state index is 12.4. The van der Waals surface area contributed by atoms with E-state index < -0.39 is 35.9 Å². The summed E-state index contributed by atoms with van der Waals surface area (Å²) in [6.45, 7) is -2.92. The Labute approximate surface area is 123 Å². The van der Waals surface area contributed by atoms with Gasteiger partial charge in [0.15, 0.2) is 0 Å². The van der Waals surface area contributed by atoms with Crippen LogP contribution in [-0.2, 0) is 15.4 Å². The van der Waals surface area contributed by atoms with Gasteiger partial charge in [0.25, 0.3) is 0 Å². The molecule has 0 aliphatic carbocycles. The summed E-state index contributed by atoms with van der Waals surface area (Å²) in [4.78, 5) is -0.236. The number of hydrogen-bond acceptors (Lipinski definition) is 3. The third-order valence-electron chi connectivity index (χ3n) is 2.42. The Morgan fingerprint density at radius 3 is 2.15 bits per heavy atom. The molecule has 1 N–H and O–H groups in total. The second kappa shape index (κ2) is 6.88. The van der Waals surface area contributed by atoms with Crippen LogP contribution in [0.25, 0.3) is 0 Å². The van der Waals surface area contributed by atoms with Gasteiger partial charge in [0.05, 0.1) is 11.5 Å². The van der Waals surface area contributed by atoms with E-state index in [0.29, 0.717) is 5.33 Å². The van der Waals surface area contributed by atoms with Gasteiger partial charge in [0, 0.05) is 11.9 Å². The van der Waals surface area contributed by atoms with E-state index in [1.807, 2.05) is 0 Å². The number of alkyl halides is 4. The van der Waals surface area contributed by atoms with Crippen molar-refractivity contribution in [3.63, 3.8) is 0 Å². The minimum absolute atomic E-state index is 0.218. The number of benzene rings is 1. The zero-order valence-corrected chi connectivity index (χ0v) is 12.7. The third kappa shape index (κ3) is 4.72. The molecule has 0 atom stereocenters. The summed E-state index contributed by atoms with van der Waals surface area (Å²) < 4.78 is 61.6. The van der Waals surface area contributed by atoms with Crippen molar-refractivity contribution >= 4 is 26.0 Å². The van der Waals surface area contributed by atoms with E-state index in [1.165, 1.54) is 24.3 Å². The lowest BCUT2D eigenvalue weighted by Gasteiger charge is -2.22. The van der Waals surface area contributed by atoms with E-state index in [1.54, 1.807) is 0 Å². The highest BCUT2D eigenvalue weighted by molar-refractivity contribution is 9.08. The first kappa shape index (κ1) is 17.4. The normalized spacial score (nSPS) is 12.9. The molecule has 0 bridgehead atoms. The van der Waals surface area contributed by atoms with E-state index in [2.05, 4.69) is 15.9 Å². The van der Waals surface area contributed by atoms with Gasteiger partial charge in [-0.05, 0) is 17.7 Å². The lowest BCUT2D eigenvalue weighted by atomic mass is 10.2. The van der Waals surface area contributed by atoms with Crippen molar-refractivity contribution in [3.05, 3.63) is 29.8 Å². The Morgan fingerprint density at radius 1 is 1.20 bits per heavy atom. The summed E-state index contributed by atoms with van der Waals surface area (Å²) in [5.41, 5.74) is 0.800. The highest BCUT2D eigenvalue weighted by Gasteiger charge is 2.36. The topological polar surface area (TPSA) is 57.6 Å². The van der Waals surface area contributed by atoms with Crippen LogP contribution < -0.4 is 0 Å². The number of sulfonamides is 1. The van der Waals surface area contributed by atoms with Crippen LogP contribution in [0.1, 0.15) is 5.56 Å². The highest BCUT2D eigenvalue weighted by atomic mass is 79.9. The molecule has 1 aromatic carbocycles. The van der Waals surface area contributed by atoms with Crippen LogP contribution in [0.3, 0.4) is 0 Å². The van der Waals surface area contributed by atoms with Crippen LogP contribution in [0.2, 0.25) is 0 Å². The molecule has 20 heavy (non-hydrogen) atoms. The van der Waals surface area contributed by atoms with Crippen molar-refractivity contribution in [3.8, 4) is 0 Å². The molecule has 0 saturated heterocycles. The van der Waals surface area contributed by atoms with Gasteiger partial charge in [-0.2, -0.15) is 17.5 Å². The Bertz CT molecular complexity index is 531. The number of hydrogen-bond donors (Lipinski definition) is 1. The average molecular weight is 376 g/mol. The zero-order chi connectivity index (χ0) is 15.4. The summed E-state index contributed by atoms with van der Waals surface area (Å²) in [6, 6.07) is 5.50. The van der Waals surface area contributed by atoms with Crippen molar-refractivity contribution in [2.24, 2.45) is 0 Å². The average Bonchev–Trinajstić information content (AvgIpc) is 2.37. The fourth-order valence-electron chi connectivity index (χ4n) is 1.50. The summed E-state index contributed by atoms with van der Waals surface area (Å²) in [5, 5.41) is 9.26. The van der Waals surface area contributed by atoms with Gasteiger partial charge in [0.2, 0.25) is 10.0 Å². The molecule has 114 valence electrons. The van der Waals surface area contributed by atoms with E-state index in [0.717, 1.165) is 5.56 Å². The SMILES string of the molecule is O=S(=O)(c1ccc(CBr)cc1)N(CCO)CC(F)(F)F. The summed E-state index contributed by atoms with van der Waals surface area (Å²) in [6.07, 6.45) is -4.67. The number of nitrogens with zero attached hydrogens (tertiary/aromatic N) is 1. The van der Waals surface area contributed by atoms with E-state index >= 15 is 0 Å². The first-order valence-corrected chi connectivity index (χ1v) is 8.09. The van der Waals surface area contributed by atoms with Gasteiger partial charge in [-0.25, -0.2) is 8.42 Å². The molecule has 4 nitrogen and oxygen atoms in total. The van der Waals surface area contributed by atoms with Gasteiger partial charge in [0.1, 0.15) is 6.54 Å². The molecule has 1 rings (SSSR count). The molecule has 9 heteroatoms. The third-order valence-corrected chi connectivity index (χ3v) is 4.93. The van der Waals surface area contributed by atoms with Crippen molar-refractivity contribution in [2.75, 3.05) is 19.7 Å². The second-order valence-corrected chi connectivity index (χ2v) is 6.45. The van der Waals surface area contributed by atoms with Crippen molar-refractivity contribution < 1.29 is 26.7 Å². The van der Waals surface area contributed by atoms with Crippen molar-refractivity contribution in [2.45, 2.75) is 16.4 Å². The molecule has 0 spiro atoms. The largest absolute Gasteiger partial charge is 0.402 e. The molecule has 0 aromatic heterocycles. The van der Waals surface area contributed by atoms with E-state index in [4.69, 9.17) is 5.11 Å². The quantitative estimate of drug-likeness (QED) is 0.774. The predicted molar refractivity (Wildman–Crippen MR) is 71.0 cm³/mol. The molecule has 0 fully saturated rings. The molecule has 0 unspecified atom stereocenters. The maximum Gasteiger partial charge on any atom is 0.402 e. The van der Waals surface area contributed by atoms with Crippen LogP contribution in [0.5, 0.6) is 0 Å². The van der Waals surface area contributed by atoms with Crippen LogP contribution in [0.15, 0.2) is 29.2 Å². The molecule has 0 heterocycles. The molecule has 0 saturated carbocycles. The molecule has 0 amide bonds. The number of aliphatic hydroxyl groups excluding tert-OH is 1. The van der Waals surface area contributed by atoms with Crippen LogP contribution in [0.4, 0.5) is 13.2 Å². The number of rotatable bonds is 6. The van der Waals surface area contributed by atoms with Gasteiger partial charge in [-0.1, -0.05) is 28.1 Å². The second-order valence-electron chi connectivity index (χ2n) is 3.95. The number of halogens is 4. The summed E-state index contributed by atoms with van der Waals surface area (Å²) in [7, 11) is -4.28.